The smallest absolute Gasteiger partial charge is 0.226 e. The molecule has 0 amide bonds. The topological polar surface area (TPSA) is 26.0 Å². The molecule has 1 saturated carbocycles. The van der Waals surface area contributed by atoms with Gasteiger partial charge in [-0.3, -0.25) is 0 Å². The fraction of sp³-hybridized carbons (Fsp3) is 0.357. The minimum atomic E-state index is 0.385. The van der Waals surface area contributed by atoms with Crippen molar-refractivity contribution in [1.82, 2.24) is 4.98 Å². The second-order valence-corrected chi connectivity index (χ2v) is 6.24. The first-order chi connectivity index (χ1) is 8.06. The largest absolute Gasteiger partial charge is 0.441 e. The fourth-order valence-electron chi connectivity index (χ4n) is 2.13. The predicted molar refractivity (Wildman–Crippen MR) is 70.8 cm³/mol. The molecule has 1 aromatic carbocycles. The summed E-state index contributed by atoms with van der Waals surface area (Å²) < 4.78 is 6.91. The number of hydrogen-bond acceptors (Lipinski definition) is 2. The summed E-state index contributed by atoms with van der Waals surface area (Å²) in [5.74, 6) is 2.28. The van der Waals surface area contributed by atoms with Gasteiger partial charge in [0, 0.05) is 16.0 Å². The minimum absolute atomic E-state index is 0.385. The van der Waals surface area contributed by atoms with E-state index in [1.54, 1.807) is 0 Å². The van der Waals surface area contributed by atoms with E-state index in [1.807, 2.05) is 30.5 Å². The molecule has 1 aromatic heterocycles. The lowest BCUT2D eigenvalue weighted by Gasteiger charge is -1.98. The van der Waals surface area contributed by atoms with Gasteiger partial charge in [-0.25, -0.2) is 4.98 Å². The lowest BCUT2D eigenvalue weighted by molar-refractivity contribution is 0.489. The molecule has 0 bridgehead atoms. The molecular formula is C14H14BrNO. The SMILES string of the molecule is CC1(C)CC1c1cnc(-c2ccc(Br)cc2)o1. The zero-order chi connectivity index (χ0) is 12.0. The number of nitrogens with zero attached hydrogens (tertiary/aromatic N) is 1. The van der Waals surface area contributed by atoms with Gasteiger partial charge in [0.2, 0.25) is 5.89 Å². The first kappa shape index (κ1) is 11.0. The maximum Gasteiger partial charge on any atom is 0.226 e. The van der Waals surface area contributed by atoms with E-state index in [4.69, 9.17) is 4.42 Å². The van der Waals surface area contributed by atoms with Crippen LogP contribution < -0.4 is 0 Å². The third kappa shape index (κ3) is 2.04. The standard InChI is InChI=1S/C14H14BrNO/c1-14(2)7-11(14)12-8-16-13(17-12)9-3-5-10(15)6-4-9/h3-6,8,11H,7H2,1-2H3. The van der Waals surface area contributed by atoms with Gasteiger partial charge in [-0.1, -0.05) is 29.8 Å². The molecule has 1 aliphatic carbocycles. The van der Waals surface area contributed by atoms with E-state index < -0.39 is 0 Å². The fourth-order valence-corrected chi connectivity index (χ4v) is 2.39. The molecule has 3 heteroatoms. The van der Waals surface area contributed by atoms with Crippen molar-refractivity contribution in [2.24, 2.45) is 5.41 Å². The molecule has 1 heterocycles. The van der Waals surface area contributed by atoms with Crippen LogP contribution in [0.5, 0.6) is 0 Å². The number of hydrogen-bond donors (Lipinski definition) is 0. The summed E-state index contributed by atoms with van der Waals surface area (Å²) in [5, 5.41) is 0. The Morgan fingerprint density at radius 1 is 1.29 bits per heavy atom. The molecule has 0 N–H and O–H groups in total. The van der Waals surface area contributed by atoms with Gasteiger partial charge in [-0.05, 0) is 36.1 Å². The monoisotopic (exact) mass is 291 g/mol. The van der Waals surface area contributed by atoms with Crippen molar-refractivity contribution in [2.75, 3.05) is 0 Å². The van der Waals surface area contributed by atoms with Crippen LogP contribution in [0.15, 0.2) is 39.4 Å². The van der Waals surface area contributed by atoms with Crippen molar-refractivity contribution in [3.63, 3.8) is 0 Å². The lowest BCUT2D eigenvalue weighted by atomic mass is 10.1. The quantitative estimate of drug-likeness (QED) is 0.807. The highest BCUT2D eigenvalue weighted by molar-refractivity contribution is 9.10. The Balaban J connectivity index is 1.88. The molecule has 3 rings (SSSR count). The van der Waals surface area contributed by atoms with Gasteiger partial charge in [0.15, 0.2) is 0 Å². The van der Waals surface area contributed by atoms with Crippen LogP contribution in [0, 0.1) is 5.41 Å². The third-order valence-corrected chi connectivity index (χ3v) is 4.00. The summed E-state index contributed by atoms with van der Waals surface area (Å²) in [6, 6.07) is 8.02. The van der Waals surface area contributed by atoms with Gasteiger partial charge >= 0.3 is 0 Å². The number of aromatic nitrogens is 1. The van der Waals surface area contributed by atoms with Crippen molar-refractivity contribution in [3.8, 4) is 11.5 Å². The van der Waals surface area contributed by atoms with Crippen LogP contribution in [-0.4, -0.2) is 4.98 Å². The van der Waals surface area contributed by atoms with Crippen molar-refractivity contribution >= 4 is 15.9 Å². The Bertz CT molecular complexity index is 542. The molecule has 1 aliphatic rings. The van der Waals surface area contributed by atoms with Crippen LogP contribution in [0.1, 0.15) is 31.9 Å². The van der Waals surface area contributed by atoms with Crippen molar-refractivity contribution in [1.29, 1.82) is 0 Å². The van der Waals surface area contributed by atoms with Gasteiger partial charge < -0.3 is 4.42 Å². The predicted octanol–water partition coefficient (Wildman–Crippen LogP) is 4.62. The third-order valence-electron chi connectivity index (χ3n) is 3.47. The van der Waals surface area contributed by atoms with Crippen LogP contribution in [-0.2, 0) is 0 Å². The van der Waals surface area contributed by atoms with Gasteiger partial charge in [-0.15, -0.1) is 0 Å². The van der Waals surface area contributed by atoms with Crippen LogP contribution in [0.25, 0.3) is 11.5 Å². The summed E-state index contributed by atoms with van der Waals surface area (Å²) in [5.41, 5.74) is 1.41. The Labute approximate surface area is 109 Å². The first-order valence-corrected chi connectivity index (χ1v) is 6.57. The van der Waals surface area contributed by atoms with E-state index in [2.05, 4.69) is 34.8 Å². The van der Waals surface area contributed by atoms with E-state index in [1.165, 1.54) is 6.42 Å². The highest BCUT2D eigenvalue weighted by Gasteiger charge is 2.48. The molecule has 0 radical (unpaired) electrons. The van der Waals surface area contributed by atoms with Gasteiger partial charge in [0.25, 0.3) is 0 Å². The van der Waals surface area contributed by atoms with Crippen LogP contribution in [0.2, 0.25) is 0 Å². The number of benzene rings is 1. The average molecular weight is 292 g/mol. The average Bonchev–Trinajstić information content (AvgIpc) is 2.76. The van der Waals surface area contributed by atoms with E-state index >= 15 is 0 Å². The van der Waals surface area contributed by atoms with Crippen LogP contribution in [0.3, 0.4) is 0 Å². The van der Waals surface area contributed by atoms with Gasteiger partial charge in [-0.2, -0.15) is 0 Å². The molecule has 1 fully saturated rings. The Hall–Kier alpha value is -1.09. The van der Waals surface area contributed by atoms with E-state index in [0.717, 1.165) is 21.7 Å². The van der Waals surface area contributed by atoms with E-state index in [-0.39, 0.29) is 0 Å². The molecule has 0 spiro atoms. The zero-order valence-electron chi connectivity index (χ0n) is 9.90. The molecule has 0 saturated heterocycles. The molecule has 2 nitrogen and oxygen atoms in total. The Morgan fingerprint density at radius 3 is 2.53 bits per heavy atom. The minimum Gasteiger partial charge on any atom is -0.441 e. The molecule has 88 valence electrons. The summed E-state index contributed by atoms with van der Waals surface area (Å²) in [7, 11) is 0. The Kier molecular flexibility index (Phi) is 2.40. The van der Waals surface area contributed by atoms with Crippen LogP contribution >= 0.6 is 15.9 Å². The molecule has 2 aromatic rings. The summed E-state index contributed by atoms with van der Waals surface area (Å²) in [6.45, 7) is 4.53. The van der Waals surface area contributed by atoms with Crippen molar-refractivity contribution in [2.45, 2.75) is 26.2 Å². The first-order valence-electron chi connectivity index (χ1n) is 5.78. The molecule has 17 heavy (non-hydrogen) atoms. The highest BCUT2D eigenvalue weighted by atomic mass is 79.9. The van der Waals surface area contributed by atoms with E-state index in [0.29, 0.717) is 11.3 Å². The summed E-state index contributed by atoms with van der Waals surface area (Å²) in [6.07, 6.45) is 3.07. The molecule has 0 aliphatic heterocycles. The highest BCUT2D eigenvalue weighted by Crippen LogP contribution is 2.58. The van der Waals surface area contributed by atoms with Crippen molar-refractivity contribution in [3.05, 3.63) is 40.7 Å². The number of rotatable bonds is 2. The molecule has 1 atom stereocenters. The summed E-state index contributed by atoms with van der Waals surface area (Å²) >= 11 is 3.42. The number of oxazole rings is 1. The zero-order valence-corrected chi connectivity index (χ0v) is 11.5. The second kappa shape index (κ2) is 3.70. The molecule has 1 unspecified atom stereocenters. The maximum atomic E-state index is 5.84. The normalized spacial score (nSPS) is 21.5. The van der Waals surface area contributed by atoms with Gasteiger partial charge in [0.1, 0.15) is 5.76 Å². The maximum absolute atomic E-state index is 5.84. The number of halogens is 1. The summed E-state index contributed by atoms with van der Waals surface area (Å²) in [4.78, 5) is 4.36. The van der Waals surface area contributed by atoms with Crippen LogP contribution in [0.4, 0.5) is 0 Å². The lowest BCUT2D eigenvalue weighted by Crippen LogP contribution is -1.87. The van der Waals surface area contributed by atoms with Gasteiger partial charge in [0.05, 0.1) is 6.20 Å². The van der Waals surface area contributed by atoms with Crippen molar-refractivity contribution < 1.29 is 4.42 Å². The molecular weight excluding hydrogens is 278 g/mol. The van der Waals surface area contributed by atoms with E-state index in [9.17, 15) is 0 Å². The second-order valence-electron chi connectivity index (χ2n) is 5.32. The Morgan fingerprint density at radius 2 is 1.94 bits per heavy atom.